The van der Waals surface area contributed by atoms with E-state index in [0.717, 1.165) is 12.2 Å². The van der Waals surface area contributed by atoms with Gasteiger partial charge in [0.1, 0.15) is 5.75 Å². The largest absolute Gasteiger partial charge is 0.497 e. The molecule has 0 radical (unpaired) electrons. The van der Waals surface area contributed by atoms with Crippen LogP contribution in [0.15, 0.2) is 48.5 Å². The molecule has 19 heavy (non-hydrogen) atoms. The Bertz CT molecular complexity index is 519. The predicted octanol–water partition coefficient (Wildman–Crippen LogP) is 3.57. The predicted molar refractivity (Wildman–Crippen MR) is 79.7 cm³/mol. The maximum Gasteiger partial charge on any atom is 0.118 e. The Balaban J connectivity index is 2.37. The summed E-state index contributed by atoms with van der Waals surface area (Å²) >= 11 is 0. The number of methoxy groups -OCH3 is 1. The third kappa shape index (κ3) is 2.96. The van der Waals surface area contributed by atoms with Gasteiger partial charge in [-0.2, -0.15) is 0 Å². The van der Waals surface area contributed by atoms with Gasteiger partial charge in [0.2, 0.25) is 0 Å². The second kappa shape index (κ2) is 6.39. The van der Waals surface area contributed by atoms with Gasteiger partial charge in [-0.1, -0.05) is 43.3 Å². The van der Waals surface area contributed by atoms with Crippen LogP contribution in [-0.2, 0) is 6.42 Å². The summed E-state index contributed by atoms with van der Waals surface area (Å²) in [5.74, 6) is 0.891. The number of hydrogen-bond donors (Lipinski definition) is 1. The molecule has 0 fully saturated rings. The summed E-state index contributed by atoms with van der Waals surface area (Å²) < 4.78 is 5.21. The van der Waals surface area contributed by atoms with Gasteiger partial charge in [-0.3, -0.25) is 0 Å². The Hall–Kier alpha value is -1.80. The molecule has 0 bridgehead atoms. The fraction of sp³-hybridized carbons (Fsp3) is 0.294. The minimum atomic E-state index is 0.224. The molecule has 2 aromatic rings. The van der Waals surface area contributed by atoms with Gasteiger partial charge in [0.15, 0.2) is 0 Å². The summed E-state index contributed by atoms with van der Waals surface area (Å²) in [5.41, 5.74) is 3.99. The van der Waals surface area contributed by atoms with Gasteiger partial charge in [0, 0.05) is 0 Å². The van der Waals surface area contributed by atoms with E-state index in [-0.39, 0.29) is 6.04 Å². The first-order chi connectivity index (χ1) is 9.30. The average Bonchev–Trinajstić information content (AvgIpc) is 2.49. The van der Waals surface area contributed by atoms with E-state index >= 15 is 0 Å². The molecule has 100 valence electrons. The van der Waals surface area contributed by atoms with Crippen molar-refractivity contribution in [2.24, 2.45) is 0 Å². The van der Waals surface area contributed by atoms with Crippen molar-refractivity contribution >= 4 is 0 Å². The molecule has 0 aliphatic heterocycles. The first-order valence-corrected chi connectivity index (χ1v) is 6.69. The minimum absolute atomic E-state index is 0.224. The van der Waals surface area contributed by atoms with Crippen molar-refractivity contribution < 1.29 is 4.74 Å². The summed E-state index contributed by atoms with van der Waals surface area (Å²) in [5, 5.41) is 3.41. The molecule has 0 spiro atoms. The van der Waals surface area contributed by atoms with Crippen molar-refractivity contribution in [3.63, 3.8) is 0 Å². The third-order valence-electron chi connectivity index (χ3n) is 3.48. The van der Waals surface area contributed by atoms with Crippen molar-refractivity contribution in [3.8, 4) is 5.75 Å². The molecule has 0 aliphatic rings. The van der Waals surface area contributed by atoms with E-state index in [4.69, 9.17) is 4.74 Å². The van der Waals surface area contributed by atoms with Crippen LogP contribution in [0.25, 0.3) is 0 Å². The molecule has 1 unspecified atom stereocenters. The van der Waals surface area contributed by atoms with Crippen LogP contribution in [0.3, 0.4) is 0 Å². The monoisotopic (exact) mass is 255 g/mol. The van der Waals surface area contributed by atoms with E-state index in [1.807, 2.05) is 19.2 Å². The van der Waals surface area contributed by atoms with Gasteiger partial charge in [0.25, 0.3) is 0 Å². The zero-order valence-corrected chi connectivity index (χ0v) is 11.8. The first kappa shape index (κ1) is 13.6. The maximum absolute atomic E-state index is 5.21. The molecule has 2 heteroatoms. The molecule has 0 saturated carbocycles. The summed E-state index contributed by atoms with van der Waals surface area (Å²) in [6.45, 7) is 2.19. The lowest BCUT2D eigenvalue weighted by Crippen LogP contribution is -2.19. The second-order valence-electron chi connectivity index (χ2n) is 4.55. The Morgan fingerprint density at radius 2 is 1.74 bits per heavy atom. The van der Waals surface area contributed by atoms with E-state index in [1.54, 1.807) is 7.11 Å². The van der Waals surface area contributed by atoms with Gasteiger partial charge in [-0.15, -0.1) is 0 Å². The molecule has 0 aromatic heterocycles. The lowest BCUT2D eigenvalue weighted by Gasteiger charge is -2.20. The van der Waals surface area contributed by atoms with Crippen LogP contribution in [0.5, 0.6) is 5.75 Å². The van der Waals surface area contributed by atoms with Crippen molar-refractivity contribution in [3.05, 3.63) is 65.2 Å². The van der Waals surface area contributed by atoms with Gasteiger partial charge in [-0.25, -0.2) is 0 Å². The van der Waals surface area contributed by atoms with E-state index in [1.165, 1.54) is 16.7 Å². The second-order valence-corrected chi connectivity index (χ2v) is 4.55. The molecule has 1 atom stereocenters. The van der Waals surface area contributed by atoms with Crippen molar-refractivity contribution in [1.29, 1.82) is 0 Å². The lowest BCUT2D eigenvalue weighted by atomic mass is 9.93. The molecule has 0 aliphatic carbocycles. The van der Waals surface area contributed by atoms with Crippen molar-refractivity contribution in [2.75, 3.05) is 14.2 Å². The zero-order valence-electron chi connectivity index (χ0n) is 11.8. The molecule has 2 rings (SSSR count). The SMILES string of the molecule is CCc1ccccc1C(NC)c1ccc(OC)cc1. The van der Waals surface area contributed by atoms with Crippen molar-refractivity contribution in [2.45, 2.75) is 19.4 Å². The first-order valence-electron chi connectivity index (χ1n) is 6.69. The van der Waals surface area contributed by atoms with Gasteiger partial charge >= 0.3 is 0 Å². The normalized spacial score (nSPS) is 12.2. The molecule has 1 N–H and O–H groups in total. The van der Waals surface area contributed by atoms with Crippen LogP contribution in [0.2, 0.25) is 0 Å². The number of aryl methyl sites for hydroxylation is 1. The van der Waals surface area contributed by atoms with Gasteiger partial charge in [-0.05, 0) is 42.3 Å². The van der Waals surface area contributed by atoms with Gasteiger partial charge < -0.3 is 10.1 Å². The molecule has 0 saturated heterocycles. The zero-order chi connectivity index (χ0) is 13.7. The van der Waals surface area contributed by atoms with Crippen molar-refractivity contribution in [1.82, 2.24) is 5.32 Å². The van der Waals surface area contributed by atoms with E-state index in [0.29, 0.717) is 0 Å². The number of ether oxygens (including phenoxy) is 1. The number of rotatable bonds is 5. The molecule has 0 heterocycles. The molecule has 2 nitrogen and oxygen atoms in total. The van der Waals surface area contributed by atoms with Crippen LogP contribution in [0.4, 0.5) is 0 Å². The Morgan fingerprint density at radius 1 is 1.05 bits per heavy atom. The van der Waals surface area contributed by atoms with Crippen LogP contribution >= 0.6 is 0 Å². The Morgan fingerprint density at radius 3 is 2.32 bits per heavy atom. The Labute approximate surface area is 115 Å². The summed E-state index contributed by atoms with van der Waals surface area (Å²) in [6, 6.07) is 17.1. The molecule has 2 aromatic carbocycles. The topological polar surface area (TPSA) is 21.3 Å². The Kier molecular flexibility index (Phi) is 4.58. The third-order valence-corrected chi connectivity index (χ3v) is 3.48. The van der Waals surface area contributed by atoms with Crippen LogP contribution in [-0.4, -0.2) is 14.2 Å². The molecule has 0 amide bonds. The highest BCUT2D eigenvalue weighted by Crippen LogP contribution is 2.26. The van der Waals surface area contributed by atoms with E-state index in [2.05, 4.69) is 48.6 Å². The van der Waals surface area contributed by atoms with Crippen LogP contribution < -0.4 is 10.1 Å². The van der Waals surface area contributed by atoms with Gasteiger partial charge in [0.05, 0.1) is 13.2 Å². The fourth-order valence-corrected chi connectivity index (χ4v) is 2.44. The van der Waals surface area contributed by atoms with Crippen LogP contribution in [0, 0.1) is 0 Å². The average molecular weight is 255 g/mol. The molecular formula is C17H21NO. The maximum atomic E-state index is 5.21. The smallest absolute Gasteiger partial charge is 0.118 e. The minimum Gasteiger partial charge on any atom is -0.497 e. The highest BCUT2D eigenvalue weighted by atomic mass is 16.5. The molecular weight excluding hydrogens is 234 g/mol. The van der Waals surface area contributed by atoms with E-state index < -0.39 is 0 Å². The number of nitrogens with one attached hydrogen (secondary N) is 1. The lowest BCUT2D eigenvalue weighted by molar-refractivity contribution is 0.414. The number of benzene rings is 2. The fourth-order valence-electron chi connectivity index (χ4n) is 2.44. The number of hydrogen-bond acceptors (Lipinski definition) is 2. The van der Waals surface area contributed by atoms with Crippen LogP contribution in [0.1, 0.15) is 29.7 Å². The summed E-state index contributed by atoms with van der Waals surface area (Å²) in [7, 11) is 3.69. The summed E-state index contributed by atoms with van der Waals surface area (Å²) in [6.07, 6.45) is 1.05. The van der Waals surface area contributed by atoms with E-state index in [9.17, 15) is 0 Å². The standard InChI is InChI=1S/C17H21NO/c1-4-13-7-5-6-8-16(13)17(18-2)14-9-11-15(19-3)12-10-14/h5-12,17-18H,4H2,1-3H3. The highest BCUT2D eigenvalue weighted by molar-refractivity contribution is 5.39. The quantitative estimate of drug-likeness (QED) is 0.882. The highest BCUT2D eigenvalue weighted by Gasteiger charge is 2.14. The summed E-state index contributed by atoms with van der Waals surface area (Å²) in [4.78, 5) is 0.